The van der Waals surface area contributed by atoms with Gasteiger partial charge < -0.3 is 14.4 Å². The van der Waals surface area contributed by atoms with E-state index in [9.17, 15) is 9.90 Å². The average Bonchev–Trinajstić information content (AvgIpc) is 2.87. The van der Waals surface area contributed by atoms with Crippen LogP contribution < -0.4 is 0 Å². The molecule has 0 spiro atoms. The lowest BCUT2D eigenvalue weighted by molar-refractivity contribution is 0.0527. The molecular formula is C19H26N2O3. The molecule has 3 rings (SSSR count). The summed E-state index contributed by atoms with van der Waals surface area (Å²) in [4.78, 5) is 17.0. The Hall–Kier alpha value is -1.88. The average molecular weight is 330 g/mol. The van der Waals surface area contributed by atoms with Crippen molar-refractivity contribution in [1.29, 1.82) is 0 Å². The monoisotopic (exact) mass is 330 g/mol. The van der Waals surface area contributed by atoms with E-state index in [1.54, 1.807) is 6.20 Å². The van der Waals surface area contributed by atoms with E-state index in [1.165, 1.54) is 0 Å². The summed E-state index contributed by atoms with van der Waals surface area (Å²) in [6.45, 7) is 6.35. The number of nitrogens with zero attached hydrogens (tertiary/aromatic N) is 2. The highest BCUT2D eigenvalue weighted by Crippen LogP contribution is 2.37. The van der Waals surface area contributed by atoms with E-state index in [4.69, 9.17) is 4.74 Å². The molecule has 0 bridgehead atoms. The van der Waals surface area contributed by atoms with Crippen molar-refractivity contribution < 1.29 is 14.6 Å². The molecule has 2 aromatic rings. The Bertz CT molecular complexity index is 730. The second kappa shape index (κ2) is 6.93. The van der Waals surface area contributed by atoms with Gasteiger partial charge in [0.1, 0.15) is 5.65 Å². The molecule has 130 valence electrons. The maximum atomic E-state index is 12.4. The smallest absolute Gasteiger partial charge is 0.340 e. The van der Waals surface area contributed by atoms with Gasteiger partial charge in [-0.2, -0.15) is 0 Å². The zero-order valence-electron chi connectivity index (χ0n) is 14.7. The minimum atomic E-state index is -0.280. The fourth-order valence-electron chi connectivity index (χ4n) is 4.01. The number of hydrogen-bond acceptors (Lipinski definition) is 4. The number of aromatic nitrogens is 2. The zero-order chi connectivity index (χ0) is 17.3. The molecule has 1 saturated carbocycles. The van der Waals surface area contributed by atoms with Gasteiger partial charge in [-0.1, -0.05) is 0 Å². The number of aliphatic hydroxyl groups is 1. The highest BCUT2D eigenvalue weighted by Gasteiger charge is 2.30. The van der Waals surface area contributed by atoms with Gasteiger partial charge >= 0.3 is 5.97 Å². The molecule has 2 heterocycles. The SMILES string of the molecule is CCOC(=O)c1c(C)n([C@H](C)C2CCC(O)CC2)c2ncccc12. The number of rotatable bonds is 4. The normalized spacial score (nSPS) is 22.5. The number of hydrogen-bond donors (Lipinski definition) is 1. The van der Waals surface area contributed by atoms with Crippen LogP contribution in [-0.4, -0.2) is 33.3 Å². The minimum absolute atomic E-state index is 0.163. The van der Waals surface area contributed by atoms with Gasteiger partial charge in [0, 0.05) is 23.3 Å². The van der Waals surface area contributed by atoms with Gasteiger partial charge in [0.25, 0.3) is 0 Å². The predicted octanol–water partition coefficient (Wildman–Crippen LogP) is 3.63. The molecule has 0 saturated heterocycles. The summed E-state index contributed by atoms with van der Waals surface area (Å²) < 4.78 is 7.44. The number of carbonyl (C=O) groups is 1. The first-order valence-electron chi connectivity index (χ1n) is 8.85. The Labute approximate surface area is 142 Å². The van der Waals surface area contributed by atoms with Crippen molar-refractivity contribution >= 4 is 17.0 Å². The standard InChI is InChI=1S/C19H26N2O3/c1-4-24-19(23)17-13(3)21(18-16(17)6-5-11-20-18)12(2)14-7-9-15(22)10-8-14/h5-6,11-12,14-15,22H,4,7-10H2,1-3H3/t12-,14?,15?/m1/s1. The summed E-state index contributed by atoms with van der Waals surface area (Å²) >= 11 is 0. The number of carbonyl (C=O) groups excluding carboxylic acids is 1. The molecule has 1 atom stereocenters. The Morgan fingerprint density at radius 3 is 2.79 bits per heavy atom. The van der Waals surface area contributed by atoms with E-state index in [1.807, 2.05) is 26.0 Å². The first-order valence-corrected chi connectivity index (χ1v) is 8.85. The predicted molar refractivity (Wildman–Crippen MR) is 93.1 cm³/mol. The lowest BCUT2D eigenvalue weighted by Crippen LogP contribution is -2.25. The molecule has 0 radical (unpaired) electrons. The maximum Gasteiger partial charge on any atom is 0.340 e. The summed E-state index contributed by atoms with van der Waals surface area (Å²) in [7, 11) is 0. The molecule has 1 aliphatic rings. The molecule has 1 fully saturated rings. The van der Waals surface area contributed by atoms with Crippen LogP contribution in [0.1, 0.15) is 61.6 Å². The Morgan fingerprint density at radius 2 is 2.12 bits per heavy atom. The highest BCUT2D eigenvalue weighted by atomic mass is 16.5. The summed E-state index contributed by atoms with van der Waals surface area (Å²) in [5, 5.41) is 10.6. The van der Waals surface area contributed by atoms with Crippen LogP contribution in [0.4, 0.5) is 0 Å². The molecule has 5 nitrogen and oxygen atoms in total. The molecule has 1 aliphatic carbocycles. The highest BCUT2D eigenvalue weighted by molar-refractivity contribution is 6.05. The fourth-order valence-corrected chi connectivity index (χ4v) is 4.01. The van der Waals surface area contributed by atoms with Gasteiger partial charge in [-0.3, -0.25) is 0 Å². The van der Waals surface area contributed by atoms with E-state index in [2.05, 4.69) is 16.5 Å². The maximum absolute atomic E-state index is 12.4. The quantitative estimate of drug-likeness (QED) is 0.869. The first kappa shape index (κ1) is 17.0. The second-order valence-corrected chi connectivity index (χ2v) is 6.73. The van der Waals surface area contributed by atoms with Crippen molar-refractivity contribution in [1.82, 2.24) is 9.55 Å². The van der Waals surface area contributed by atoms with Crippen LogP contribution in [0.3, 0.4) is 0 Å². The molecular weight excluding hydrogens is 304 g/mol. The van der Waals surface area contributed by atoms with Gasteiger partial charge in [-0.15, -0.1) is 0 Å². The van der Waals surface area contributed by atoms with Gasteiger partial charge in [0.05, 0.1) is 18.3 Å². The van der Waals surface area contributed by atoms with E-state index >= 15 is 0 Å². The van der Waals surface area contributed by atoms with Crippen LogP contribution in [0.25, 0.3) is 11.0 Å². The minimum Gasteiger partial charge on any atom is -0.462 e. The number of pyridine rings is 1. The molecule has 0 amide bonds. The largest absolute Gasteiger partial charge is 0.462 e. The third-order valence-corrected chi connectivity index (χ3v) is 5.32. The Balaban J connectivity index is 2.04. The third-order valence-electron chi connectivity index (χ3n) is 5.32. The Kier molecular flexibility index (Phi) is 4.90. The van der Waals surface area contributed by atoms with Crippen molar-refractivity contribution in [2.75, 3.05) is 6.61 Å². The van der Waals surface area contributed by atoms with Crippen LogP contribution in [0.15, 0.2) is 18.3 Å². The number of fused-ring (bicyclic) bond motifs is 1. The first-order chi connectivity index (χ1) is 11.5. The molecule has 0 aliphatic heterocycles. The number of ether oxygens (including phenoxy) is 1. The third kappa shape index (κ3) is 2.93. The molecule has 24 heavy (non-hydrogen) atoms. The molecule has 0 aromatic carbocycles. The van der Waals surface area contributed by atoms with Crippen LogP contribution >= 0.6 is 0 Å². The second-order valence-electron chi connectivity index (χ2n) is 6.73. The summed E-state index contributed by atoms with van der Waals surface area (Å²) in [5.41, 5.74) is 2.39. The molecule has 0 unspecified atom stereocenters. The topological polar surface area (TPSA) is 64.3 Å². The van der Waals surface area contributed by atoms with Gasteiger partial charge in [-0.25, -0.2) is 9.78 Å². The fraction of sp³-hybridized carbons (Fsp3) is 0.579. The van der Waals surface area contributed by atoms with E-state index < -0.39 is 0 Å². The van der Waals surface area contributed by atoms with Crippen molar-refractivity contribution in [2.24, 2.45) is 5.92 Å². The van der Waals surface area contributed by atoms with E-state index in [-0.39, 0.29) is 18.1 Å². The Morgan fingerprint density at radius 1 is 1.42 bits per heavy atom. The van der Waals surface area contributed by atoms with Gasteiger partial charge in [-0.05, 0) is 64.5 Å². The van der Waals surface area contributed by atoms with Crippen LogP contribution in [0.2, 0.25) is 0 Å². The molecule has 5 heteroatoms. The summed E-state index contributed by atoms with van der Waals surface area (Å²) in [6, 6.07) is 4.03. The molecule has 1 N–H and O–H groups in total. The van der Waals surface area contributed by atoms with Crippen LogP contribution in [0, 0.1) is 12.8 Å². The van der Waals surface area contributed by atoms with Crippen molar-refractivity contribution in [3.8, 4) is 0 Å². The van der Waals surface area contributed by atoms with Crippen LogP contribution in [0.5, 0.6) is 0 Å². The number of esters is 1. The van der Waals surface area contributed by atoms with Crippen molar-refractivity contribution in [3.63, 3.8) is 0 Å². The van der Waals surface area contributed by atoms with E-state index in [0.717, 1.165) is 42.4 Å². The lowest BCUT2D eigenvalue weighted by atomic mass is 9.83. The lowest BCUT2D eigenvalue weighted by Gasteiger charge is -2.32. The summed E-state index contributed by atoms with van der Waals surface area (Å²) in [6.07, 6.45) is 5.32. The summed E-state index contributed by atoms with van der Waals surface area (Å²) in [5.74, 6) is 0.206. The number of aliphatic hydroxyl groups excluding tert-OH is 1. The van der Waals surface area contributed by atoms with Crippen molar-refractivity contribution in [3.05, 3.63) is 29.6 Å². The van der Waals surface area contributed by atoms with Crippen LogP contribution in [-0.2, 0) is 4.74 Å². The van der Waals surface area contributed by atoms with Crippen molar-refractivity contribution in [2.45, 2.75) is 58.6 Å². The van der Waals surface area contributed by atoms with Gasteiger partial charge in [0.2, 0.25) is 0 Å². The molecule has 2 aromatic heterocycles. The van der Waals surface area contributed by atoms with Gasteiger partial charge in [0.15, 0.2) is 0 Å². The van der Waals surface area contributed by atoms with E-state index in [0.29, 0.717) is 18.1 Å². The zero-order valence-corrected chi connectivity index (χ0v) is 14.7.